The van der Waals surface area contributed by atoms with Crippen molar-refractivity contribution in [1.29, 1.82) is 0 Å². The topological polar surface area (TPSA) is 76.6 Å². The summed E-state index contributed by atoms with van der Waals surface area (Å²) in [5.74, 6) is 0.811. The monoisotopic (exact) mass is 426 g/mol. The number of nitrogens with zero attached hydrogens (tertiary/aromatic N) is 3. The van der Waals surface area contributed by atoms with E-state index in [1.54, 1.807) is 13.3 Å². The molecule has 30 heavy (non-hydrogen) atoms. The summed E-state index contributed by atoms with van der Waals surface area (Å²) in [5.41, 5.74) is 2.64. The first-order valence-electron chi connectivity index (χ1n) is 10.2. The number of hydrogen-bond donors (Lipinski definition) is 1. The van der Waals surface area contributed by atoms with Gasteiger partial charge in [0, 0.05) is 32.0 Å². The minimum absolute atomic E-state index is 0.0358. The maximum Gasteiger partial charge on any atom is 0.243 e. The first-order chi connectivity index (χ1) is 14.7. The Morgan fingerprint density at radius 3 is 2.93 bits per heavy atom. The van der Waals surface area contributed by atoms with Crippen LogP contribution in [0.5, 0.6) is 5.75 Å². The second-order valence-corrected chi connectivity index (χ2v) is 8.16. The average Bonchev–Trinajstić information content (AvgIpc) is 3.41. The molecule has 0 unspecified atom stereocenters. The number of thiazole rings is 1. The minimum Gasteiger partial charge on any atom is -0.492 e. The summed E-state index contributed by atoms with van der Waals surface area (Å²) in [5, 5.41) is 3.88. The number of fused-ring (bicyclic) bond motifs is 1. The third kappa shape index (κ3) is 4.24. The number of carbonyl (C=O) groups is 1. The van der Waals surface area contributed by atoms with Gasteiger partial charge in [-0.3, -0.25) is 4.79 Å². The number of hydrogen-bond acceptors (Lipinski definition) is 7. The van der Waals surface area contributed by atoms with E-state index >= 15 is 0 Å². The first-order valence-corrected chi connectivity index (χ1v) is 11.0. The molecule has 0 spiro atoms. The number of anilines is 1. The van der Waals surface area contributed by atoms with Gasteiger partial charge in [-0.15, -0.1) is 0 Å². The zero-order valence-corrected chi connectivity index (χ0v) is 18.1. The van der Waals surface area contributed by atoms with E-state index < -0.39 is 0 Å². The molecule has 3 heterocycles. The van der Waals surface area contributed by atoms with E-state index in [9.17, 15) is 4.79 Å². The van der Waals surface area contributed by atoms with E-state index in [1.807, 2.05) is 37.3 Å². The lowest BCUT2D eigenvalue weighted by molar-refractivity contribution is -0.122. The second kappa shape index (κ2) is 9.40. The van der Waals surface area contributed by atoms with Crippen molar-refractivity contribution < 1.29 is 14.3 Å². The summed E-state index contributed by atoms with van der Waals surface area (Å²) >= 11 is 1.53. The van der Waals surface area contributed by atoms with Gasteiger partial charge in [0.25, 0.3) is 0 Å². The van der Waals surface area contributed by atoms with Gasteiger partial charge in [0.1, 0.15) is 16.5 Å². The molecule has 0 radical (unpaired) electrons. The Balaban J connectivity index is 1.56. The van der Waals surface area contributed by atoms with E-state index in [-0.39, 0.29) is 11.9 Å². The van der Waals surface area contributed by atoms with Crippen LogP contribution in [0.4, 0.5) is 5.13 Å². The van der Waals surface area contributed by atoms with Gasteiger partial charge in [0.2, 0.25) is 5.91 Å². The van der Waals surface area contributed by atoms with Crippen molar-refractivity contribution in [3.05, 3.63) is 47.7 Å². The molecule has 1 aliphatic heterocycles. The van der Waals surface area contributed by atoms with Gasteiger partial charge in [-0.2, -0.15) is 4.98 Å². The van der Waals surface area contributed by atoms with Crippen LogP contribution in [0.25, 0.3) is 10.3 Å². The molecule has 1 atom stereocenters. The predicted molar refractivity (Wildman–Crippen MR) is 118 cm³/mol. The third-order valence-corrected chi connectivity index (χ3v) is 6.22. The van der Waals surface area contributed by atoms with Crippen LogP contribution in [0, 0.1) is 0 Å². The van der Waals surface area contributed by atoms with Gasteiger partial charge in [-0.05, 0) is 25.3 Å². The zero-order valence-electron chi connectivity index (χ0n) is 17.3. The van der Waals surface area contributed by atoms with Crippen molar-refractivity contribution in [1.82, 2.24) is 15.3 Å². The number of ether oxygens (including phenoxy) is 2. The van der Waals surface area contributed by atoms with Gasteiger partial charge >= 0.3 is 0 Å². The Hall–Kier alpha value is -2.71. The highest BCUT2D eigenvalue weighted by Crippen LogP contribution is 2.39. The fourth-order valence-electron chi connectivity index (χ4n) is 3.73. The van der Waals surface area contributed by atoms with Crippen LogP contribution in [-0.4, -0.2) is 42.2 Å². The highest BCUT2D eigenvalue weighted by molar-refractivity contribution is 7.22. The first kappa shape index (κ1) is 20.6. The lowest BCUT2D eigenvalue weighted by atomic mass is 10.2. The molecule has 4 rings (SSSR count). The SMILES string of the molecule is CCOc1c(COC)cnc2nc(N3CCC[C@@H]3C(=O)NCc3ccccc3)sc12. The molecule has 1 aromatic carbocycles. The number of aromatic nitrogens is 2. The summed E-state index contributed by atoms with van der Waals surface area (Å²) in [6.45, 7) is 4.27. The molecule has 8 heteroatoms. The van der Waals surface area contributed by atoms with Crippen molar-refractivity contribution in [3.63, 3.8) is 0 Å². The van der Waals surface area contributed by atoms with Crippen LogP contribution >= 0.6 is 11.3 Å². The van der Waals surface area contributed by atoms with Crippen molar-refractivity contribution in [2.45, 2.75) is 39.0 Å². The van der Waals surface area contributed by atoms with E-state index in [2.05, 4.69) is 15.2 Å². The minimum atomic E-state index is -0.219. The summed E-state index contributed by atoms with van der Waals surface area (Å²) in [7, 11) is 1.65. The quantitative estimate of drug-likeness (QED) is 0.594. The molecule has 1 aliphatic rings. The van der Waals surface area contributed by atoms with Crippen molar-refractivity contribution in [3.8, 4) is 5.75 Å². The maximum absolute atomic E-state index is 12.9. The van der Waals surface area contributed by atoms with Crippen LogP contribution in [0.1, 0.15) is 30.9 Å². The number of nitrogens with one attached hydrogen (secondary N) is 1. The highest BCUT2D eigenvalue weighted by Gasteiger charge is 2.33. The Morgan fingerprint density at radius 1 is 1.33 bits per heavy atom. The second-order valence-electron chi connectivity index (χ2n) is 7.18. The zero-order chi connectivity index (χ0) is 20.9. The number of pyridine rings is 1. The number of methoxy groups -OCH3 is 1. The fraction of sp³-hybridized carbons (Fsp3) is 0.409. The predicted octanol–water partition coefficient (Wildman–Crippen LogP) is 3.52. The smallest absolute Gasteiger partial charge is 0.243 e. The van der Waals surface area contributed by atoms with Crippen molar-refractivity contribution in [2.24, 2.45) is 0 Å². The number of rotatable bonds is 8. The van der Waals surface area contributed by atoms with Gasteiger partial charge in [-0.25, -0.2) is 4.98 Å². The van der Waals surface area contributed by atoms with E-state index in [0.29, 0.717) is 25.4 Å². The van der Waals surface area contributed by atoms with E-state index in [0.717, 1.165) is 46.1 Å². The summed E-state index contributed by atoms with van der Waals surface area (Å²) in [4.78, 5) is 24.2. The Morgan fingerprint density at radius 2 is 2.17 bits per heavy atom. The molecule has 1 N–H and O–H groups in total. The fourth-order valence-corrected chi connectivity index (χ4v) is 4.86. The van der Waals surface area contributed by atoms with Crippen LogP contribution < -0.4 is 15.0 Å². The normalized spacial score (nSPS) is 16.2. The molecule has 0 aliphatic carbocycles. The van der Waals surface area contributed by atoms with Crippen molar-refractivity contribution >= 4 is 32.7 Å². The molecule has 3 aromatic rings. The molecule has 0 bridgehead atoms. The molecule has 1 saturated heterocycles. The molecule has 158 valence electrons. The molecule has 7 nitrogen and oxygen atoms in total. The lowest BCUT2D eigenvalue weighted by Gasteiger charge is -2.23. The van der Waals surface area contributed by atoms with Crippen LogP contribution in [0.3, 0.4) is 0 Å². The van der Waals surface area contributed by atoms with Gasteiger partial charge in [0.05, 0.1) is 13.2 Å². The number of benzene rings is 1. The molecule has 1 amide bonds. The van der Waals surface area contributed by atoms with Crippen LogP contribution in [0.2, 0.25) is 0 Å². The standard InChI is InChI=1S/C22H26N4O3S/c1-3-29-18-16(14-28-2)13-23-20-19(18)30-22(25-20)26-11-7-10-17(26)21(27)24-12-15-8-5-4-6-9-15/h4-6,8-9,13,17H,3,7,10-12,14H2,1-2H3,(H,24,27)/t17-/m1/s1. The van der Waals surface area contributed by atoms with Crippen LogP contribution in [0.15, 0.2) is 36.5 Å². The number of amides is 1. The molecule has 2 aromatic heterocycles. The lowest BCUT2D eigenvalue weighted by Crippen LogP contribution is -2.43. The van der Waals surface area contributed by atoms with Gasteiger partial charge in [-0.1, -0.05) is 41.7 Å². The van der Waals surface area contributed by atoms with Gasteiger partial charge in [0.15, 0.2) is 10.8 Å². The highest BCUT2D eigenvalue weighted by atomic mass is 32.1. The Labute approximate surface area is 180 Å². The summed E-state index contributed by atoms with van der Waals surface area (Å²) in [6.07, 6.45) is 3.53. The third-order valence-electron chi connectivity index (χ3n) is 5.14. The number of carbonyl (C=O) groups excluding carboxylic acids is 1. The Bertz CT molecular complexity index is 1010. The molecule has 0 saturated carbocycles. The van der Waals surface area contributed by atoms with Gasteiger partial charge < -0.3 is 19.7 Å². The molecular weight excluding hydrogens is 400 g/mol. The molecular formula is C22H26N4O3S. The van der Waals surface area contributed by atoms with E-state index in [1.165, 1.54) is 11.3 Å². The molecule has 1 fully saturated rings. The largest absolute Gasteiger partial charge is 0.492 e. The summed E-state index contributed by atoms with van der Waals surface area (Å²) < 4.78 is 12.1. The maximum atomic E-state index is 12.9. The summed E-state index contributed by atoms with van der Waals surface area (Å²) in [6, 6.07) is 9.73. The van der Waals surface area contributed by atoms with Crippen molar-refractivity contribution in [2.75, 3.05) is 25.2 Å². The Kier molecular flexibility index (Phi) is 6.44. The van der Waals surface area contributed by atoms with Crippen LogP contribution in [-0.2, 0) is 22.7 Å². The van der Waals surface area contributed by atoms with E-state index in [4.69, 9.17) is 14.5 Å². The average molecular weight is 427 g/mol.